The highest BCUT2D eigenvalue weighted by Crippen LogP contribution is 1.85. The average molecular weight is 238 g/mol. The summed E-state index contributed by atoms with van der Waals surface area (Å²) >= 11 is 2.06. The standard InChI is InChI=1S/C6H7IO2/c1-9-6(8)4-2-3-5-7/h2-5H,1H3/b4-2-,5-3-. The number of methoxy groups -OCH3 is 1. The van der Waals surface area contributed by atoms with E-state index in [2.05, 4.69) is 27.3 Å². The molecule has 0 aliphatic carbocycles. The molecule has 0 bridgehead atoms. The number of carbonyl (C=O) groups is 1. The van der Waals surface area contributed by atoms with Gasteiger partial charge in [0.2, 0.25) is 0 Å². The normalized spacial score (nSPS) is 10.9. The third-order valence-electron chi connectivity index (χ3n) is 0.617. The molecule has 3 heteroatoms. The monoisotopic (exact) mass is 238 g/mol. The second-order valence-corrected chi connectivity index (χ2v) is 1.92. The fourth-order valence-corrected chi connectivity index (χ4v) is 0.484. The maximum absolute atomic E-state index is 10.3. The molecule has 0 aliphatic rings. The Hall–Kier alpha value is -0.320. The molecule has 0 aromatic carbocycles. The molecule has 0 heterocycles. The molecule has 9 heavy (non-hydrogen) atoms. The summed E-state index contributed by atoms with van der Waals surface area (Å²) in [6.07, 6.45) is 4.73. The van der Waals surface area contributed by atoms with Crippen molar-refractivity contribution in [2.24, 2.45) is 0 Å². The Kier molecular flexibility index (Phi) is 5.60. The van der Waals surface area contributed by atoms with Gasteiger partial charge in [0.15, 0.2) is 0 Å². The van der Waals surface area contributed by atoms with Crippen LogP contribution in [0.2, 0.25) is 0 Å². The molecule has 0 atom stereocenters. The molecule has 2 nitrogen and oxygen atoms in total. The van der Waals surface area contributed by atoms with Gasteiger partial charge in [-0.2, -0.15) is 0 Å². The quantitative estimate of drug-likeness (QED) is 0.316. The molecule has 0 aromatic rings. The Labute approximate surface area is 67.7 Å². The maximum Gasteiger partial charge on any atom is 0.330 e. The lowest BCUT2D eigenvalue weighted by atomic mass is 10.5. The molecule has 0 N–H and O–H groups in total. The fourth-order valence-electron chi connectivity index (χ4n) is 0.244. The zero-order valence-electron chi connectivity index (χ0n) is 5.00. The molecular weight excluding hydrogens is 231 g/mol. The minimum absolute atomic E-state index is 0.329. The van der Waals surface area contributed by atoms with E-state index in [-0.39, 0.29) is 5.97 Å². The summed E-state index contributed by atoms with van der Waals surface area (Å²) in [5.74, 6) is -0.329. The number of carbonyl (C=O) groups excluding carboxylic acids is 1. The van der Waals surface area contributed by atoms with E-state index in [1.807, 2.05) is 0 Å². The Morgan fingerprint density at radius 1 is 1.56 bits per heavy atom. The minimum atomic E-state index is -0.329. The zero-order chi connectivity index (χ0) is 7.11. The summed E-state index contributed by atoms with van der Waals surface area (Å²) in [5.41, 5.74) is 0. The van der Waals surface area contributed by atoms with Crippen molar-refractivity contribution in [1.82, 2.24) is 0 Å². The third-order valence-corrected chi connectivity index (χ3v) is 1.03. The number of halogens is 1. The van der Waals surface area contributed by atoms with E-state index in [0.29, 0.717) is 0 Å². The van der Waals surface area contributed by atoms with Gasteiger partial charge >= 0.3 is 5.97 Å². The van der Waals surface area contributed by atoms with Gasteiger partial charge in [-0.1, -0.05) is 34.7 Å². The predicted octanol–water partition coefficient (Wildman–Crippen LogP) is 1.66. The van der Waals surface area contributed by atoms with Crippen LogP contribution in [0.15, 0.2) is 22.3 Å². The van der Waals surface area contributed by atoms with Gasteiger partial charge in [-0.25, -0.2) is 4.79 Å². The van der Waals surface area contributed by atoms with Crippen LogP contribution in [0.25, 0.3) is 0 Å². The third kappa shape index (κ3) is 5.55. The number of hydrogen-bond donors (Lipinski definition) is 0. The van der Waals surface area contributed by atoms with Gasteiger partial charge in [0.05, 0.1) is 7.11 Å². The lowest BCUT2D eigenvalue weighted by Crippen LogP contribution is -1.92. The summed E-state index contributed by atoms with van der Waals surface area (Å²) in [4.78, 5) is 10.3. The number of rotatable bonds is 2. The molecule has 0 saturated heterocycles. The van der Waals surface area contributed by atoms with E-state index in [9.17, 15) is 4.79 Å². The van der Waals surface area contributed by atoms with Gasteiger partial charge in [0, 0.05) is 6.08 Å². The van der Waals surface area contributed by atoms with Crippen LogP contribution in [-0.2, 0) is 9.53 Å². The van der Waals surface area contributed by atoms with E-state index >= 15 is 0 Å². The lowest BCUT2D eigenvalue weighted by molar-refractivity contribution is -0.134. The SMILES string of the molecule is COC(=O)/C=C\C=C/I. The summed E-state index contributed by atoms with van der Waals surface area (Å²) in [5, 5.41) is 0. The number of ether oxygens (including phenoxy) is 1. The van der Waals surface area contributed by atoms with Crippen molar-refractivity contribution in [3.63, 3.8) is 0 Å². The van der Waals surface area contributed by atoms with Crippen LogP contribution in [0.3, 0.4) is 0 Å². The van der Waals surface area contributed by atoms with Crippen LogP contribution in [0, 0.1) is 0 Å². The molecule has 0 radical (unpaired) electrons. The smallest absolute Gasteiger partial charge is 0.330 e. The molecule has 0 unspecified atom stereocenters. The Balaban J connectivity index is 3.57. The zero-order valence-corrected chi connectivity index (χ0v) is 7.16. The molecule has 0 fully saturated rings. The van der Waals surface area contributed by atoms with Crippen molar-refractivity contribution in [2.75, 3.05) is 7.11 Å². The van der Waals surface area contributed by atoms with Crippen molar-refractivity contribution in [2.45, 2.75) is 0 Å². The molecule has 50 valence electrons. The van der Waals surface area contributed by atoms with Crippen LogP contribution < -0.4 is 0 Å². The molecule has 0 aromatic heterocycles. The van der Waals surface area contributed by atoms with Crippen LogP contribution in [-0.4, -0.2) is 13.1 Å². The number of hydrogen-bond acceptors (Lipinski definition) is 2. The van der Waals surface area contributed by atoms with Gasteiger partial charge in [0.25, 0.3) is 0 Å². The van der Waals surface area contributed by atoms with Crippen LogP contribution >= 0.6 is 22.6 Å². The van der Waals surface area contributed by atoms with E-state index < -0.39 is 0 Å². The first-order chi connectivity index (χ1) is 4.31. The second-order valence-electron chi connectivity index (χ2n) is 1.20. The first-order valence-corrected chi connectivity index (χ1v) is 3.57. The summed E-state index contributed by atoms with van der Waals surface area (Å²) in [6, 6.07) is 0. The Morgan fingerprint density at radius 3 is 2.67 bits per heavy atom. The van der Waals surface area contributed by atoms with Crippen molar-refractivity contribution < 1.29 is 9.53 Å². The van der Waals surface area contributed by atoms with Crippen LogP contribution in [0.5, 0.6) is 0 Å². The second kappa shape index (κ2) is 5.81. The highest BCUT2D eigenvalue weighted by molar-refractivity contribution is 14.1. The van der Waals surface area contributed by atoms with Gasteiger partial charge in [-0.05, 0) is 4.08 Å². The molecule has 0 spiro atoms. The average Bonchev–Trinajstić information content (AvgIpc) is 1.89. The molecule has 0 rings (SSSR count). The van der Waals surface area contributed by atoms with E-state index in [4.69, 9.17) is 0 Å². The van der Waals surface area contributed by atoms with Gasteiger partial charge in [-0.15, -0.1) is 0 Å². The van der Waals surface area contributed by atoms with E-state index in [1.54, 1.807) is 16.2 Å². The maximum atomic E-state index is 10.3. The summed E-state index contributed by atoms with van der Waals surface area (Å²) in [7, 11) is 1.35. The largest absolute Gasteiger partial charge is 0.466 e. The Morgan fingerprint density at radius 2 is 2.22 bits per heavy atom. The topological polar surface area (TPSA) is 26.3 Å². The van der Waals surface area contributed by atoms with Crippen molar-refractivity contribution in [3.8, 4) is 0 Å². The molecular formula is C6H7IO2. The summed E-state index contributed by atoms with van der Waals surface area (Å²) < 4.78 is 6.14. The van der Waals surface area contributed by atoms with Gasteiger partial charge in [0.1, 0.15) is 0 Å². The van der Waals surface area contributed by atoms with E-state index in [0.717, 1.165) is 0 Å². The molecule has 0 amide bonds. The van der Waals surface area contributed by atoms with Crippen molar-refractivity contribution >= 4 is 28.6 Å². The molecule has 0 saturated carbocycles. The highest BCUT2D eigenvalue weighted by Gasteiger charge is 1.85. The highest BCUT2D eigenvalue weighted by atomic mass is 127. The summed E-state index contributed by atoms with van der Waals surface area (Å²) in [6.45, 7) is 0. The van der Waals surface area contributed by atoms with Crippen molar-refractivity contribution in [3.05, 3.63) is 22.3 Å². The number of esters is 1. The first kappa shape index (κ1) is 8.68. The fraction of sp³-hybridized carbons (Fsp3) is 0.167. The van der Waals surface area contributed by atoms with Crippen molar-refractivity contribution in [1.29, 1.82) is 0 Å². The minimum Gasteiger partial charge on any atom is -0.466 e. The lowest BCUT2D eigenvalue weighted by Gasteiger charge is -1.85. The van der Waals surface area contributed by atoms with Crippen LogP contribution in [0.1, 0.15) is 0 Å². The van der Waals surface area contributed by atoms with E-state index in [1.165, 1.54) is 13.2 Å². The molecule has 0 aliphatic heterocycles. The number of allylic oxidation sites excluding steroid dienone is 2. The predicted molar refractivity (Wildman–Crippen MR) is 44.3 cm³/mol. The Bertz CT molecular complexity index is 138. The van der Waals surface area contributed by atoms with Crippen LogP contribution in [0.4, 0.5) is 0 Å². The van der Waals surface area contributed by atoms with Gasteiger partial charge in [-0.3, -0.25) is 0 Å². The van der Waals surface area contributed by atoms with Gasteiger partial charge < -0.3 is 4.74 Å². The first-order valence-electron chi connectivity index (χ1n) is 2.32.